The number of rotatable bonds is 4. The Hall–Kier alpha value is -0.860. The first-order valence-electron chi connectivity index (χ1n) is 4.41. The molecule has 0 heterocycles. The summed E-state index contributed by atoms with van der Waals surface area (Å²) in [7, 11) is 0. The Morgan fingerprint density at radius 2 is 2.07 bits per heavy atom. The molecule has 1 aromatic carbocycles. The van der Waals surface area contributed by atoms with Gasteiger partial charge in [-0.2, -0.15) is 0 Å². The first-order chi connectivity index (χ1) is 6.59. The molecule has 0 amide bonds. The SMILES string of the molecule is C=C(Cl)CN[C@H](C)c1ccc(F)cc1. The smallest absolute Gasteiger partial charge is 0.123 e. The van der Waals surface area contributed by atoms with Gasteiger partial charge >= 0.3 is 0 Å². The van der Waals surface area contributed by atoms with E-state index in [4.69, 9.17) is 11.6 Å². The third kappa shape index (κ3) is 3.48. The Morgan fingerprint density at radius 3 is 2.57 bits per heavy atom. The molecule has 1 nitrogen and oxygen atoms in total. The Balaban J connectivity index is 2.56. The quantitative estimate of drug-likeness (QED) is 0.810. The van der Waals surface area contributed by atoms with Crippen molar-refractivity contribution in [2.45, 2.75) is 13.0 Å². The van der Waals surface area contributed by atoms with E-state index in [0.29, 0.717) is 11.6 Å². The lowest BCUT2D eigenvalue weighted by atomic mass is 10.1. The van der Waals surface area contributed by atoms with Crippen molar-refractivity contribution in [2.24, 2.45) is 0 Å². The summed E-state index contributed by atoms with van der Waals surface area (Å²) in [5.41, 5.74) is 1.03. The maximum atomic E-state index is 12.6. The number of hydrogen-bond donors (Lipinski definition) is 1. The normalized spacial score (nSPS) is 12.5. The van der Waals surface area contributed by atoms with Crippen LogP contribution in [-0.2, 0) is 0 Å². The molecule has 1 atom stereocenters. The lowest BCUT2D eigenvalue weighted by Crippen LogP contribution is -2.19. The van der Waals surface area contributed by atoms with Crippen molar-refractivity contribution >= 4 is 11.6 Å². The van der Waals surface area contributed by atoms with E-state index in [0.717, 1.165) is 5.56 Å². The minimum atomic E-state index is -0.220. The zero-order valence-corrected chi connectivity index (χ0v) is 8.81. The third-order valence-corrected chi connectivity index (χ3v) is 2.10. The van der Waals surface area contributed by atoms with Gasteiger partial charge in [-0.1, -0.05) is 30.3 Å². The Labute approximate surface area is 88.6 Å². The lowest BCUT2D eigenvalue weighted by Gasteiger charge is -2.13. The Kier molecular flexibility index (Phi) is 4.11. The van der Waals surface area contributed by atoms with Crippen LogP contribution in [0.25, 0.3) is 0 Å². The van der Waals surface area contributed by atoms with Crippen molar-refractivity contribution in [3.8, 4) is 0 Å². The van der Waals surface area contributed by atoms with E-state index in [1.165, 1.54) is 12.1 Å². The van der Waals surface area contributed by atoms with Gasteiger partial charge in [-0.05, 0) is 24.6 Å². The van der Waals surface area contributed by atoms with Crippen LogP contribution < -0.4 is 5.32 Å². The highest BCUT2D eigenvalue weighted by Crippen LogP contribution is 2.13. The van der Waals surface area contributed by atoms with E-state index in [9.17, 15) is 4.39 Å². The summed E-state index contributed by atoms with van der Waals surface area (Å²) in [6.07, 6.45) is 0. The zero-order chi connectivity index (χ0) is 10.6. The lowest BCUT2D eigenvalue weighted by molar-refractivity contribution is 0.604. The number of hydrogen-bond acceptors (Lipinski definition) is 1. The maximum absolute atomic E-state index is 12.6. The number of halogens is 2. The molecule has 14 heavy (non-hydrogen) atoms. The van der Waals surface area contributed by atoms with Gasteiger partial charge in [0.25, 0.3) is 0 Å². The molecule has 3 heteroatoms. The van der Waals surface area contributed by atoms with Gasteiger partial charge in [-0.15, -0.1) is 0 Å². The highest BCUT2D eigenvalue weighted by Gasteiger charge is 2.04. The van der Waals surface area contributed by atoms with E-state index in [-0.39, 0.29) is 11.9 Å². The van der Waals surface area contributed by atoms with Crippen molar-refractivity contribution in [2.75, 3.05) is 6.54 Å². The van der Waals surface area contributed by atoms with E-state index >= 15 is 0 Å². The largest absolute Gasteiger partial charge is 0.305 e. The summed E-state index contributed by atoms with van der Waals surface area (Å²) in [6, 6.07) is 6.55. The molecule has 0 aliphatic heterocycles. The topological polar surface area (TPSA) is 12.0 Å². The molecule has 0 saturated carbocycles. The van der Waals surface area contributed by atoms with Crippen molar-refractivity contribution < 1.29 is 4.39 Å². The molecule has 0 radical (unpaired) electrons. The third-order valence-electron chi connectivity index (χ3n) is 1.97. The van der Waals surface area contributed by atoms with Gasteiger partial charge in [0.15, 0.2) is 0 Å². The fourth-order valence-electron chi connectivity index (χ4n) is 1.13. The van der Waals surface area contributed by atoms with Gasteiger partial charge in [-0.3, -0.25) is 0 Å². The summed E-state index contributed by atoms with van der Waals surface area (Å²) < 4.78 is 12.6. The predicted octanol–water partition coefficient (Wildman–Crippen LogP) is 3.23. The van der Waals surface area contributed by atoms with Crippen molar-refractivity contribution in [3.63, 3.8) is 0 Å². The molecular weight excluding hydrogens is 201 g/mol. The van der Waals surface area contributed by atoms with Crippen LogP contribution in [0.15, 0.2) is 35.9 Å². The fraction of sp³-hybridized carbons (Fsp3) is 0.273. The van der Waals surface area contributed by atoms with Crippen LogP contribution in [0.5, 0.6) is 0 Å². The zero-order valence-electron chi connectivity index (χ0n) is 8.06. The molecule has 0 bridgehead atoms. The molecule has 1 rings (SSSR count). The van der Waals surface area contributed by atoms with E-state index in [2.05, 4.69) is 11.9 Å². The molecule has 1 N–H and O–H groups in total. The second-order valence-electron chi connectivity index (χ2n) is 3.17. The van der Waals surface area contributed by atoms with Crippen LogP contribution in [0.1, 0.15) is 18.5 Å². The Morgan fingerprint density at radius 1 is 1.50 bits per heavy atom. The summed E-state index contributed by atoms with van der Waals surface area (Å²) in [6.45, 7) is 6.13. The first kappa shape index (κ1) is 11.2. The molecular formula is C11H13ClFN. The predicted molar refractivity (Wildman–Crippen MR) is 57.8 cm³/mol. The monoisotopic (exact) mass is 213 g/mol. The van der Waals surface area contributed by atoms with E-state index in [1.807, 2.05) is 6.92 Å². The molecule has 1 aromatic rings. The Bertz CT molecular complexity index is 308. The number of nitrogens with one attached hydrogen (secondary N) is 1. The maximum Gasteiger partial charge on any atom is 0.123 e. The molecule has 0 fully saturated rings. The standard InChI is InChI=1S/C11H13ClFN/c1-8(12)7-14-9(2)10-3-5-11(13)6-4-10/h3-6,9,14H,1,7H2,2H3/t9-/m1/s1. The van der Waals surface area contributed by atoms with Crippen LogP contribution in [0.3, 0.4) is 0 Å². The first-order valence-corrected chi connectivity index (χ1v) is 4.79. The highest BCUT2D eigenvalue weighted by atomic mass is 35.5. The molecule has 0 aliphatic rings. The molecule has 0 aromatic heterocycles. The fourth-order valence-corrected chi connectivity index (χ4v) is 1.21. The number of benzene rings is 1. The summed E-state index contributed by atoms with van der Waals surface area (Å²) in [5, 5.41) is 3.73. The average molecular weight is 214 g/mol. The highest BCUT2D eigenvalue weighted by molar-refractivity contribution is 6.29. The van der Waals surface area contributed by atoms with Gasteiger partial charge in [0.1, 0.15) is 5.82 Å². The van der Waals surface area contributed by atoms with Crippen molar-refractivity contribution in [3.05, 3.63) is 47.3 Å². The van der Waals surface area contributed by atoms with Gasteiger partial charge in [0.2, 0.25) is 0 Å². The van der Waals surface area contributed by atoms with Crippen molar-refractivity contribution in [1.82, 2.24) is 5.32 Å². The minimum absolute atomic E-state index is 0.145. The molecule has 76 valence electrons. The van der Waals surface area contributed by atoms with E-state index < -0.39 is 0 Å². The second kappa shape index (κ2) is 5.13. The van der Waals surface area contributed by atoms with Gasteiger partial charge in [0.05, 0.1) is 0 Å². The summed E-state index contributed by atoms with van der Waals surface area (Å²) in [5.74, 6) is -0.220. The van der Waals surface area contributed by atoms with Gasteiger partial charge < -0.3 is 5.32 Å². The van der Waals surface area contributed by atoms with Crippen LogP contribution in [0.4, 0.5) is 4.39 Å². The summed E-state index contributed by atoms with van der Waals surface area (Å²) in [4.78, 5) is 0. The molecule has 0 saturated heterocycles. The molecule has 0 unspecified atom stereocenters. The molecule has 0 aliphatic carbocycles. The average Bonchev–Trinajstić information content (AvgIpc) is 2.15. The van der Waals surface area contributed by atoms with Gasteiger partial charge in [-0.25, -0.2) is 4.39 Å². The molecule has 0 spiro atoms. The second-order valence-corrected chi connectivity index (χ2v) is 3.71. The van der Waals surface area contributed by atoms with Crippen molar-refractivity contribution in [1.29, 1.82) is 0 Å². The van der Waals surface area contributed by atoms with Gasteiger partial charge in [0, 0.05) is 17.6 Å². The van der Waals surface area contributed by atoms with Crippen LogP contribution in [0, 0.1) is 5.82 Å². The minimum Gasteiger partial charge on any atom is -0.305 e. The summed E-state index contributed by atoms with van der Waals surface area (Å²) >= 11 is 5.62. The van der Waals surface area contributed by atoms with Crippen LogP contribution >= 0.6 is 11.6 Å². The van der Waals surface area contributed by atoms with Crippen LogP contribution in [0.2, 0.25) is 0 Å². The van der Waals surface area contributed by atoms with E-state index in [1.54, 1.807) is 12.1 Å². The van der Waals surface area contributed by atoms with Crippen LogP contribution in [-0.4, -0.2) is 6.54 Å².